The van der Waals surface area contributed by atoms with E-state index in [1.54, 1.807) is 0 Å². The first-order valence-electron chi connectivity index (χ1n) is 8.87. The van der Waals surface area contributed by atoms with Gasteiger partial charge < -0.3 is 10.2 Å². The lowest BCUT2D eigenvalue weighted by molar-refractivity contribution is 0.259. The van der Waals surface area contributed by atoms with Crippen LogP contribution in [0.2, 0.25) is 0 Å². The molecule has 0 aliphatic carbocycles. The maximum absolute atomic E-state index is 4.97. The van der Waals surface area contributed by atoms with Crippen LogP contribution in [0.1, 0.15) is 26.2 Å². The van der Waals surface area contributed by atoms with Crippen molar-refractivity contribution in [3.05, 3.63) is 12.2 Å². The predicted octanol–water partition coefficient (Wildman–Crippen LogP) is 2.04. The zero-order chi connectivity index (χ0) is 15.2. The van der Waals surface area contributed by atoms with Gasteiger partial charge in [0.1, 0.15) is 0 Å². The molecule has 0 spiro atoms. The van der Waals surface area contributed by atoms with Crippen LogP contribution in [-0.4, -0.2) is 72.6 Å². The normalized spacial score (nSPS) is 27.8. The number of nitrogens with one attached hydrogen (secondary N) is 1. The third-order valence-electron chi connectivity index (χ3n) is 5.00. The van der Waals surface area contributed by atoms with Crippen molar-refractivity contribution in [2.75, 3.05) is 50.8 Å². The molecule has 2 saturated heterocycles. The molecule has 2 fully saturated rings. The minimum atomic E-state index is 0.699. The molecule has 1 atom stereocenters. The minimum Gasteiger partial charge on any atom is -0.357 e. The van der Waals surface area contributed by atoms with Crippen LogP contribution in [-0.2, 0) is 0 Å². The topological polar surface area (TPSA) is 30.9 Å². The molecule has 0 radical (unpaired) electrons. The van der Waals surface area contributed by atoms with Gasteiger partial charge in [-0.25, -0.2) is 0 Å². The highest BCUT2D eigenvalue weighted by atomic mass is 32.2. The molecule has 4 nitrogen and oxygen atoms in total. The molecule has 3 aliphatic heterocycles. The minimum absolute atomic E-state index is 0.699. The van der Waals surface area contributed by atoms with E-state index in [-0.39, 0.29) is 0 Å². The fourth-order valence-corrected chi connectivity index (χ4v) is 4.80. The van der Waals surface area contributed by atoms with Crippen LogP contribution in [0.15, 0.2) is 17.1 Å². The Bertz CT molecular complexity index is 395. The van der Waals surface area contributed by atoms with E-state index < -0.39 is 0 Å². The van der Waals surface area contributed by atoms with Gasteiger partial charge in [0.15, 0.2) is 5.96 Å². The summed E-state index contributed by atoms with van der Waals surface area (Å²) in [7, 11) is 0. The fourth-order valence-electron chi connectivity index (χ4n) is 3.60. The van der Waals surface area contributed by atoms with E-state index in [0.29, 0.717) is 6.04 Å². The van der Waals surface area contributed by atoms with E-state index in [2.05, 4.69) is 46.0 Å². The first-order chi connectivity index (χ1) is 10.9. The molecular weight excluding hydrogens is 292 g/mol. The second kappa shape index (κ2) is 8.25. The summed E-state index contributed by atoms with van der Waals surface area (Å²) in [6.45, 7) is 8.69. The third-order valence-corrected chi connectivity index (χ3v) is 6.05. The molecule has 0 aromatic carbocycles. The monoisotopic (exact) mass is 322 g/mol. The van der Waals surface area contributed by atoms with Gasteiger partial charge in [-0.2, -0.15) is 11.8 Å². The molecule has 0 amide bonds. The molecular formula is C17H30N4S. The summed E-state index contributed by atoms with van der Waals surface area (Å²) in [6.07, 6.45) is 8.55. The number of thioether (sulfide) groups is 1. The van der Waals surface area contributed by atoms with Gasteiger partial charge in [-0.15, -0.1) is 0 Å². The van der Waals surface area contributed by atoms with Crippen LogP contribution < -0.4 is 5.32 Å². The van der Waals surface area contributed by atoms with Gasteiger partial charge in [0.25, 0.3) is 0 Å². The zero-order valence-electron chi connectivity index (χ0n) is 13.8. The first-order valence-corrected chi connectivity index (χ1v) is 10.0. The Balaban J connectivity index is 1.53. The number of guanidine groups is 1. The maximum atomic E-state index is 4.97. The lowest BCUT2D eigenvalue weighted by atomic mass is 10.0. The first kappa shape index (κ1) is 16.2. The average molecular weight is 323 g/mol. The van der Waals surface area contributed by atoms with E-state index in [0.717, 1.165) is 51.1 Å². The van der Waals surface area contributed by atoms with E-state index in [9.17, 15) is 0 Å². The molecule has 0 saturated carbocycles. The van der Waals surface area contributed by atoms with Gasteiger partial charge in [-0.3, -0.25) is 9.89 Å². The molecule has 0 aromatic heterocycles. The molecule has 0 aromatic rings. The number of hydrogen-bond donors (Lipinski definition) is 1. The van der Waals surface area contributed by atoms with Gasteiger partial charge in [0.2, 0.25) is 0 Å². The van der Waals surface area contributed by atoms with Gasteiger partial charge in [-0.1, -0.05) is 12.2 Å². The average Bonchev–Trinajstić information content (AvgIpc) is 3.23. The molecule has 1 unspecified atom stereocenters. The zero-order valence-corrected chi connectivity index (χ0v) is 14.7. The van der Waals surface area contributed by atoms with E-state index in [1.165, 1.54) is 30.8 Å². The summed E-state index contributed by atoms with van der Waals surface area (Å²) in [6, 6.07) is 0.699. The van der Waals surface area contributed by atoms with E-state index >= 15 is 0 Å². The quantitative estimate of drug-likeness (QED) is 0.487. The highest BCUT2D eigenvalue weighted by Gasteiger charge is 2.29. The van der Waals surface area contributed by atoms with Crippen LogP contribution >= 0.6 is 11.8 Å². The van der Waals surface area contributed by atoms with Gasteiger partial charge in [0.05, 0.1) is 0 Å². The van der Waals surface area contributed by atoms with Crippen LogP contribution in [0.25, 0.3) is 0 Å². The second-order valence-corrected chi connectivity index (χ2v) is 7.79. The van der Waals surface area contributed by atoms with E-state index in [4.69, 9.17) is 4.99 Å². The summed E-state index contributed by atoms with van der Waals surface area (Å²) in [5.74, 6) is 4.60. The standard InChI is InChI=1S/C17H30N4S/c1-2-18-17(19-13-15-6-11-22-12-7-15)21-10-5-16(14-21)20-8-3-4-9-20/h3-4,15-16H,2,5-14H2,1H3,(H,18,19). The largest absolute Gasteiger partial charge is 0.357 e. The number of nitrogens with zero attached hydrogens (tertiary/aromatic N) is 3. The molecule has 1 N–H and O–H groups in total. The van der Waals surface area contributed by atoms with Crippen molar-refractivity contribution in [1.29, 1.82) is 0 Å². The van der Waals surface area contributed by atoms with Crippen molar-refractivity contribution >= 4 is 17.7 Å². The van der Waals surface area contributed by atoms with Gasteiger partial charge in [0, 0.05) is 45.3 Å². The van der Waals surface area contributed by atoms with Crippen LogP contribution in [0, 0.1) is 5.92 Å². The summed E-state index contributed by atoms with van der Waals surface area (Å²) in [5, 5.41) is 3.51. The van der Waals surface area contributed by atoms with Crippen LogP contribution in [0.4, 0.5) is 0 Å². The number of likely N-dealkylation sites (tertiary alicyclic amines) is 1. The second-order valence-electron chi connectivity index (χ2n) is 6.56. The lowest BCUT2D eigenvalue weighted by Crippen LogP contribution is -2.43. The Labute approximate surface area is 139 Å². The molecule has 5 heteroatoms. The molecule has 3 rings (SSSR count). The molecule has 3 heterocycles. The lowest BCUT2D eigenvalue weighted by Gasteiger charge is -2.26. The van der Waals surface area contributed by atoms with Crippen LogP contribution in [0.5, 0.6) is 0 Å². The Morgan fingerprint density at radius 1 is 1.23 bits per heavy atom. The van der Waals surface area contributed by atoms with Crippen molar-refractivity contribution in [2.45, 2.75) is 32.2 Å². The van der Waals surface area contributed by atoms with Crippen molar-refractivity contribution < 1.29 is 0 Å². The number of rotatable bonds is 4. The summed E-state index contributed by atoms with van der Waals surface area (Å²) in [4.78, 5) is 10.0. The number of hydrogen-bond acceptors (Lipinski definition) is 3. The highest BCUT2D eigenvalue weighted by Crippen LogP contribution is 2.23. The van der Waals surface area contributed by atoms with Crippen LogP contribution in [0.3, 0.4) is 0 Å². The smallest absolute Gasteiger partial charge is 0.193 e. The van der Waals surface area contributed by atoms with Crippen molar-refractivity contribution in [2.24, 2.45) is 10.9 Å². The maximum Gasteiger partial charge on any atom is 0.193 e. The highest BCUT2D eigenvalue weighted by molar-refractivity contribution is 7.99. The SMILES string of the molecule is CCNC(=NCC1CCSCC1)N1CCC(N2CC=CC2)C1. The summed E-state index contributed by atoms with van der Waals surface area (Å²) < 4.78 is 0. The Morgan fingerprint density at radius 2 is 2.00 bits per heavy atom. The van der Waals surface area contributed by atoms with Crippen molar-refractivity contribution in [3.63, 3.8) is 0 Å². The fraction of sp³-hybridized carbons (Fsp3) is 0.824. The third kappa shape index (κ3) is 4.19. The predicted molar refractivity (Wildman–Crippen MR) is 96.7 cm³/mol. The molecule has 0 bridgehead atoms. The Morgan fingerprint density at radius 3 is 2.73 bits per heavy atom. The Hall–Kier alpha value is -0.680. The molecule has 3 aliphatic rings. The van der Waals surface area contributed by atoms with Crippen molar-refractivity contribution in [1.82, 2.24) is 15.1 Å². The summed E-state index contributed by atoms with van der Waals surface area (Å²) >= 11 is 2.10. The van der Waals surface area contributed by atoms with Crippen molar-refractivity contribution in [3.8, 4) is 0 Å². The van der Waals surface area contributed by atoms with E-state index in [1.807, 2.05) is 0 Å². The number of aliphatic imine (C=N–C) groups is 1. The molecule has 22 heavy (non-hydrogen) atoms. The summed E-state index contributed by atoms with van der Waals surface area (Å²) in [5.41, 5.74) is 0. The van der Waals surface area contributed by atoms with Gasteiger partial charge in [-0.05, 0) is 43.6 Å². The molecule has 124 valence electrons. The van der Waals surface area contributed by atoms with Gasteiger partial charge >= 0.3 is 0 Å². The Kier molecular flexibility index (Phi) is 6.07.